The average molecular weight is 277 g/mol. The summed E-state index contributed by atoms with van der Waals surface area (Å²) >= 11 is 0. The molecule has 0 amide bonds. The van der Waals surface area contributed by atoms with Crippen molar-refractivity contribution in [1.29, 1.82) is 0 Å². The SMILES string of the molecule is O=[N+]([O-])c1cc(C2=NNC(c3ccco3)O2)ccc1F. The fourth-order valence-electron chi connectivity index (χ4n) is 1.76. The normalized spacial score (nSPS) is 17.2. The zero-order valence-corrected chi connectivity index (χ0v) is 9.95. The molecule has 3 rings (SSSR count). The van der Waals surface area contributed by atoms with E-state index in [0.29, 0.717) is 11.3 Å². The van der Waals surface area contributed by atoms with Crippen LogP contribution in [-0.2, 0) is 4.74 Å². The number of nitro groups is 1. The Hall–Kier alpha value is -2.90. The van der Waals surface area contributed by atoms with E-state index in [4.69, 9.17) is 9.15 Å². The quantitative estimate of drug-likeness (QED) is 0.686. The van der Waals surface area contributed by atoms with Gasteiger partial charge in [-0.25, -0.2) is 0 Å². The lowest BCUT2D eigenvalue weighted by molar-refractivity contribution is -0.387. The largest absolute Gasteiger partial charge is 0.463 e. The summed E-state index contributed by atoms with van der Waals surface area (Å²) in [5.41, 5.74) is 2.36. The first kappa shape index (κ1) is 12.2. The van der Waals surface area contributed by atoms with Gasteiger partial charge in [0.2, 0.25) is 17.9 Å². The topological polar surface area (TPSA) is 89.9 Å². The standard InChI is InChI=1S/C12H8FN3O4/c13-8-4-3-7(6-9(8)16(17)18)11-14-15-12(20-11)10-2-1-5-19-10/h1-6,12,15H. The van der Waals surface area contributed by atoms with Crippen LogP contribution in [0, 0.1) is 15.9 Å². The van der Waals surface area contributed by atoms with Crippen molar-refractivity contribution in [2.24, 2.45) is 5.10 Å². The maximum absolute atomic E-state index is 13.3. The minimum atomic E-state index is -0.909. The van der Waals surface area contributed by atoms with Crippen molar-refractivity contribution in [2.75, 3.05) is 0 Å². The Morgan fingerprint density at radius 1 is 1.40 bits per heavy atom. The van der Waals surface area contributed by atoms with Gasteiger partial charge in [0.05, 0.1) is 11.2 Å². The van der Waals surface area contributed by atoms with E-state index < -0.39 is 22.7 Å². The maximum Gasteiger partial charge on any atom is 0.305 e. The summed E-state index contributed by atoms with van der Waals surface area (Å²) in [5, 5.41) is 14.6. The summed E-state index contributed by atoms with van der Waals surface area (Å²) in [5.74, 6) is -0.261. The number of benzene rings is 1. The zero-order valence-electron chi connectivity index (χ0n) is 9.95. The molecule has 1 aliphatic heterocycles. The zero-order chi connectivity index (χ0) is 14.1. The molecule has 0 bridgehead atoms. The van der Waals surface area contributed by atoms with Gasteiger partial charge >= 0.3 is 5.69 Å². The minimum Gasteiger partial charge on any atom is -0.463 e. The van der Waals surface area contributed by atoms with Crippen LogP contribution in [0.3, 0.4) is 0 Å². The Morgan fingerprint density at radius 3 is 2.95 bits per heavy atom. The van der Waals surface area contributed by atoms with Gasteiger partial charge in [-0.15, -0.1) is 5.10 Å². The lowest BCUT2D eigenvalue weighted by Crippen LogP contribution is -2.11. The van der Waals surface area contributed by atoms with Crippen LogP contribution in [0.1, 0.15) is 17.6 Å². The summed E-state index contributed by atoms with van der Waals surface area (Å²) in [4.78, 5) is 9.89. The van der Waals surface area contributed by atoms with Crippen molar-refractivity contribution in [1.82, 2.24) is 5.43 Å². The molecular formula is C12H8FN3O4. The summed E-state index contributed by atoms with van der Waals surface area (Å²) < 4.78 is 23.9. The first-order valence-electron chi connectivity index (χ1n) is 5.63. The van der Waals surface area contributed by atoms with E-state index in [1.165, 1.54) is 12.3 Å². The highest BCUT2D eigenvalue weighted by atomic mass is 19.1. The van der Waals surface area contributed by atoms with Crippen LogP contribution >= 0.6 is 0 Å². The van der Waals surface area contributed by atoms with Gasteiger partial charge in [-0.05, 0) is 24.3 Å². The second kappa shape index (κ2) is 4.65. The van der Waals surface area contributed by atoms with Crippen LogP contribution in [0.5, 0.6) is 0 Å². The van der Waals surface area contributed by atoms with E-state index in [9.17, 15) is 14.5 Å². The Bertz CT molecular complexity index is 684. The Morgan fingerprint density at radius 2 is 2.25 bits per heavy atom. The van der Waals surface area contributed by atoms with E-state index in [0.717, 1.165) is 12.1 Å². The Kier molecular flexibility index (Phi) is 2.82. The predicted molar refractivity (Wildman–Crippen MR) is 65.3 cm³/mol. The van der Waals surface area contributed by atoms with Crippen LogP contribution < -0.4 is 5.43 Å². The number of hydrogen-bond donors (Lipinski definition) is 1. The van der Waals surface area contributed by atoms with Gasteiger partial charge in [-0.2, -0.15) is 4.39 Å². The molecule has 0 saturated carbocycles. The Balaban J connectivity index is 1.84. The fraction of sp³-hybridized carbons (Fsp3) is 0.0833. The molecule has 8 heteroatoms. The molecule has 1 atom stereocenters. The van der Waals surface area contributed by atoms with E-state index in [1.807, 2.05) is 0 Å². The number of halogens is 1. The predicted octanol–water partition coefficient (Wildman–Crippen LogP) is 2.31. The van der Waals surface area contributed by atoms with Gasteiger partial charge in [-0.3, -0.25) is 15.5 Å². The van der Waals surface area contributed by atoms with Gasteiger partial charge in [0, 0.05) is 11.6 Å². The summed E-state index contributed by atoms with van der Waals surface area (Å²) in [7, 11) is 0. The molecule has 2 aromatic rings. The highest BCUT2D eigenvalue weighted by molar-refractivity contribution is 5.95. The molecule has 1 aromatic heterocycles. The molecule has 0 radical (unpaired) electrons. The van der Waals surface area contributed by atoms with Gasteiger partial charge in [-0.1, -0.05) is 0 Å². The van der Waals surface area contributed by atoms with Gasteiger partial charge in [0.25, 0.3) is 0 Å². The molecule has 20 heavy (non-hydrogen) atoms. The second-order valence-electron chi connectivity index (χ2n) is 3.98. The molecule has 102 valence electrons. The van der Waals surface area contributed by atoms with Crippen molar-refractivity contribution >= 4 is 11.6 Å². The molecule has 0 aliphatic carbocycles. The molecule has 0 spiro atoms. The first-order chi connectivity index (χ1) is 9.65. The fourth-order valence-corrected chi connectivity index (χ4v) is 1.76. The van der Waals surface area contributed by atoms with Crippen LogP contribution in [0.4, 0.5) is 10.1 Å². The third-order valence-corrected chi connectivity index (χ3v) is 2.70. The van der Waals surface area contributed by atoms with Gasteiger partial charge in [0.1, 0.15) is 0 Å². The first-order valence-corrected chi connectivity index (χ1v) is 5.63. The summed E-state index contributed by atoms with van der Waals surface area (Å²) in [6.07, 6.45) is 0.880. The molecule has 0 fully saturated rings. The number of nitrogens with one attached hydrogen (secondary N) is 1. The van der Waals surface area contributed by atoms with Gasteiger partial charge in [0.15, 0.2) is 5.76 Å². The number of ether oxygens (including phenoxy) is 1. The molecule has 7 nitrogen and oxygen atoms in total. The van der Waals surface area contributed by atoms with Crippen LogP contribution in [0.2, 0.25) is 0 Å². The van der Waals surface area contributed by atoms with Crippen molar-refractivity contribution in [2.45, 2.75) is 6.23 Å². The van der Waals surface area contributed by atoms with Crippen LogP contribution in [0.15, 0.2) is 46.1 Å². The molecule has 0 saturated heterocycles. The van der Waals surface area contributed by atoms with Crippen molar-refractivity contribution in [3.8, 4) is 0 Å². The van der Waals surface area contributed by atoms with Crippen LogP contribution in [-0.4, -0.2) is 10.8 Å². The third-order valence-electron chi connectivity index (χ3n) is 2.70. The molecule has 1 N–H and O–H groups in total. The highest BCUT2D eigenvalue weighted by Crippen LogP contribution is 2.24. The average Bonchev–Trinajstić information content (AvgIpc) is 3.09. The number of nitro benzene ring substituents is 1. The van der Waals surface area contributed by atoms with E-state index >= 15 is 0 Å². The molecular weight excluding hydrogens is 269 g/mol. The number of hydrogen-bond acceptors (Lipinski definition) is 6. The van der Waals surface area contributed by atoms with Crippen molar-refractivity contribution in [3.63, 3.8) is 0 Å². The Labute approximate surface area is 111 Å². The highest BCUT2D eigenvalue weighted by Gasteiger charge is 2.26. The minimum absolute atomic E-state index is 0.134. The third kappa shape index (κ3) is 2.07. The van der Waals surface area contributed by atoms with Gasteiger partial charge < -0.3 is 9.15 Å². The smallest absolute Gasteiger partial charge is 0.305 e. The summed E-state index contributed by atoms with van der Waals surface area (Å²) in [6.45, 7) is 0. The lowest BCUT2D eigenvalue weighted by Gasteiger charge is -2.07. The monoisotopic (exact) mass is 277 g/mol. The number of nitrogens with zero attached hydrogens (tertiary/aromatic N) is 2. The van der Waals surface area contributed by atoms with Crippen LogP contribution in [0.25, 0.3) is 0 Å². The molecule has 2 heterocycles. The number of hydrazone groups is 1. The lowest BCUT2D eigenvalue weighted by atomic mass is 10.2. The maximum atomic E-state index is 13.3. The second-order valence-corrected chi connectivity index (χ2v) is 3.98. The molecule has 1 unspecified atom stereocenters. The molecule has 1 aliphatic rings. The van der Waals surface area contributed by atoms with E-state index in [1.54, 1.807) is 12.1 Å². The number of rotatable bonds is 3. The van der Waals surface area contributed by atoms with E-state index in [-0.39, 0.29) is 5.90 Å². The van der Waals surface area contributed by atoms with Crippen molar-refractivity contribution in [3.05, 3.63) is 63.9 Å². The summed E-state index contributed by atoms with van der Waals surface area (Å²) in [6, 6.07) is 6.82. The van der Waals surface area contributed by atoms with E-state index in [2.05, 4.69) is 10.5 Å². The molecule has 1 aromatic carbocycles. The number of furan rings is 1. The van der Waals surface area contributed by atoms with Crippen molar-refractivity contribution < 1.29 is 18.5 Å².